The number of nitrogens with zero attached hydrogens (tertiary/aromatic N) is 3. The molecule has 0 fully saturated rings. The molecule has 42 heavy (non-hydrogen) atoms. The highest BCUT2D eigenvalue weighted by atomic mass is 32.2. The molecule has 0 saturated carbocycles. The van der Waals surface area contributed by atoms with Crippen molar-refractivity contribution in [2.24, 2.45) is 0 Å². The van der Waals surface area contributed by atoms with Crippen LogP contribution in [-0.2, 0) is 29.5 Å². The summed E-state index contributed by atoms with van der Waals surface area (Å²) < 4.78 is 40.3. The first-order chi connectivity index (χ1) is 20.4. The summed E-state index contributed by atoms with van der Waals surface area (Å²) in [5.41, 5.74) is 4.07. The molecule has 6 rings (SSSR count). The first-order valence-electron chi connectivity index (χ1n) is 13.4. The Morgan fingerprint density at radius 3 is 2.26 bits per heavy atom. The molecule has 0 bridgehead atoms. The maximum Gasteiger partial charge on any atom is 0.260 e. The normalized spacial score (nSPS) is 13.5. The van der Waals surface area contributed by atoms with Gasteiger partial charge >= 0.3 is 0 Å². The number of carbonyl (C=O) groups excluding carboxylic acids is 1. The van der Waals surface area contributed by atoms with Crippen molar-refractivity contribution in [2.45, 2.75) is 24.4 Å². The van der Waals surface area contributed by atoms with Crippen LogP contribution in [0.1, 0.15) is 27.0 Å². The molecule has 5 aromatic rings. The second-order valence-corrected chi connectivity index (χ2v) is 12.8. The van der Waals surface area contributed by atoms with Gasteiger partial charge in [0.1, 0.15) is 21.7 Å². The number of aromatic nitrogens is 1. The molecular formula is C32H29N3O5S2. The van der Waals surface area contributed by atoms with E-state index in [9.17, 15) is 13.2 Å². The summed E-state index contributed by atoms with van der Waals surface area (Å²) in [5, 5.41) is 0.477. The van der Waals surface area contributed by atoms with Gasteiger partial charge in [0.2, 0.25) is 10.0 Å². The van der Waals surface area contributed by atoms with Crippen molar-refractivity contribution >= 4 is 42.6 Å². The van der Waals surface area contributed by atoms with Crippen molar-refractivity contribution in [1.29, 1.82) is 0 Å². The average molecular weight is 600 g/mol. The Labute approximate surface area is 248 Å². The van der Waals surface area contributed by atoms with E-state index < -0.39 is 10.0 Å². The van der Waals surface area contributed by atoms with Gasteiger partial charge in [0, 0.05) is 18.7 Å². The van der Waals surface area contributed by atoms with E-state index in [1.165, 1.54) is 33.3 Å². The highest BCUT2D eigenvalue weighted by Crippen LogP contribution is 2.41. The van der Waals surface area contributed by atoms with E-state index in [0.29, 0.717) is 47.2 Å². The summed E-state index contributed by atoms with van der Waals surface area (Å²) in [6.45, 7) is 1.02. The van der Waals surface area contributed by atoms with Gasteiger partial charge < -0.3 is 9.47 Å². The standard InChI is InChI=1S/C32H29N3O5S2/c1-39-27-16-17-28(40-2)30-29(27)33-32(41-30)35(20-22-8-4-3-5-9-22)31(36)24-12-14-26(15-13-24)42(37,38)34-19-18-23-10-6-7-11-25(23)21-34/h3-17H,18-21H2,1-2H3. The summed E-state index contributed by atoms with van der Waals surface area (Å²) in [6.07, 6.45) is 0.665. The number of thiazole rings is 1. The average Bonchev–Trinajstić information content (AvgIpc) is 3.48. The topological polar surface area (TPSA) is 89.0 Å². The molecular weight excluding hydrogens is 571 g/mol. The Morgan fingerprint density at radius 2 is 1.55 bits per heavy atom. The van der Waals surface area contributed by atoms with Crippen molar-refractivity contribution in [3.05, 3.63) is 113 Å². The SMILES string of the molecule is COc1ccc(OC)c2sc(N(Cc3ccccc3)C(=O)c3ccc(S(=O)(=O)N4CCc5ccccc5C4)cc3)nc12. The molecule has 214 valence electrons. The molecule has 0 saturated heterocycles. The lowest BCUT2D eigenvalue weighted by Crippen LogP contribution is -2.36. The zero-order valence-electron chi connectivity index (χ0n) is 23.2. The number of rotatable bonds is 8. The number of benzene rings is 4. The van der Waals surface area contributed by atoms with E-state index in [0.717, 1.165) is 15.8 Å². The summed E-state index contributed by atoms with van der Waals surface area (Å²) in [6, 6.07) is 27.3. The molecule has 1 aliphatic heterocycles. The second-order valence-electron chi connectivity index (χ2n) is 9.90. The number of methoxy groups -OCH3 is 2. The van der Waals surface area contributed by atoms with E-state index >= 15 is 0 Å². The lowest BCUT2D eigenvalue weighted by molar-refractivity contribution is 0.0985. The summed E-state index contributed by atoms with van der Waals surface area (Å²) in [4.78, 5) is 20.5. The predicted molar refractivity (Wildman–Crippen MR) is 164 cm³/mol. The molecule has 4 aromatic carbocycles. The minimum absolute atomic E-state index is 0.155. The van der Waals surface area contributed by atoms with Crippen molar-refractivity contribution in [1.82, 2.24) is 9.29 Å². The smallest absolute Gasteiger partial charge is 0.260 e. The number of hydrogen-bond acceptors (Lipinski definition) is 7. The van der Waals surface area contributed by atoms with Crippen LogP contribution in [0.5, 0.6) is 11.5 Å². The molecule has 1 aromatic heterocycles. The van der Waals surface area contributed by atoms with Crippen LogP contribution in [0.4, 0.5) is 5.13 Å². The third-order valence-corrected chi connectivity index (χ3v) is 10.3. The molecule has 2 heterocycles. The van der Waals surface area contributed by atoms with Gasteiger partial charge in [0.25, 0.3) is 5.91 Å². The Kier molecular flexibility index (Phi) is 7.68. The Bertz CT molecular complexity index is 1810. The summed E-state index contributed by atoms with van der Waals surface area (Å²) >= 11 is 1.34. The van der Waals surface area contributed by atoms with Crippen LogP contribution >= 0.6 is 11.3 Å². The van der Waals surface area contributed by atoms with Crippen molar-refractivity contribution < 1.29 is 22.7 Å². The van der Waals surface area contributed by atoms with Crippen LogP contribution in [0.2, 0.25) is 0 Å². The second kappa shape index (κ2) is 11.6. The highest BCUT2D eigenvalue weighted by Gasteiger charge is 2.29. The van der Waals surface area contributed by atoms with Gasteiger partial charge in [-0.2, -0.15) is 4.31 Å². The van der Waals surface area contributed by atoms with E-state index in [1.807, 2.05) is 60.7 Å². The van der Waals surface area contributed by atoms with E-state index in [2.05, 4.69) is 0 Å². The lowest BCUT2D eigenvalue weighted by Gasteiger charge is -2.28. The van der Waals surface area contributed by atoms with Crippen molar-refractivity contribution in [2.75, 3.05) is 25.7 Å². The molecule has 1 aliphatic rings. The molecule has 0 aliphatic carbocycles. The van der Waals surface area contributed by atoms with Crippen molar-refractivity contribution in [3.8, 4) is 11.5 Å². The third-order valence-electron chi connectivity index (χ3n) is 7.39. The first kappa shape index (κ1) is 27.9. The van der Waals surface area contributed by atoms with E-state index in [4.69, 9.17) is 14.5 Å². The quantitative estimate of drug-likeness (QED) is 0.220. The number of sulfonamides is 1. The van der Waals surface area contributed by atoms with Gasteiger partial charge in [0.15, 0.2) is 5.13 Å². The molecule has 0 atom stereocenters. The van der Waals surface area contributed by atoms with Gasteiger partial charge in [-0.05, 0) is 59.5 Å². The lowest BCUT2D eigenvalue weighted by atomic mass is 10.0. The summed E-state index contributed by atoms with van der Waals surface area (Å²) in [5.74, 6) is 0.915. The fraction of sp³-hybridized carbons (Fsp3) is 0.188. The number of hydrogen-bond donors (Lipinski definition) is 0. The molecule has 8 nitrogen and oxygen atoms in total. The monoisotopic (exact) mass is 599 g/mol. The van der Waals surface area contributed by atoms with Gasteiger partial charge in [-0.25, -0.2) is 13.4 Å². The van der Waals surface area contributed by atoms with Crippen LogP contribution in [0, 0.1) is 0 Å². The Hall–Kier alpha value is -4.25. The molecule has 1 amide bonds. The zero-order chi connectivity index (χ0) is 29.3. The zero-order valence-corrected chi connectivity index (χ0v) is 24.8. The molecule has 0 unspecified atom stereocenters. The maximum atomic E-state index is 14.0. The van der Waals surface area contributed by atoms with Gasteiger partial charge in [-0.1, -0.05) is 65.9 Å². The van der Waals surface area contributed by atoms with Crippen LogP contribution < -0.4 is 14.4 Å². The van der Waals surface area contributed by atoms with Crippen LogP contribution in [-0.4, -0.2) is 44.4 Å². The van der Waals surface area contributed by atoms with Crippen LogP contribution in [0.3, 0.4) is 0 Å². The largest absolute Gasteiger partial charge is 0.495 e. The minimum atomic E-state index is -3.73. The molecule has 0 N–H and O–H groups in total. The third kappa shape index (κ3) is 5.24. The molecule has 10 heteroatoms. The Morgan fingerprint density at radius 1 is 0.881 bits per heavy atom. The number of ether oxygens (including phenoxy) is 2. The molecule has 0 spiro atoms. The minimum Gasteiger partial charge on any atom is -0.495 e. The number of anilines is 1. The fourth-order valence-corrected chi connectivity index (χ4v) is 7.62. The first-order valence-corrected chi connectivity index (χ1v) is 15.7. The number of carbonyl (C=O) groups is 1. The van der Waals surface area contributed by atoms with Gasteiger partial charge in [0.05, 0.1) is 25.7 Å². The van der Waals surface area contributed by atoms with Gasteiger partial charge in [-0.15, -0.1) is 0 Å². The predicted octanol–water partition coefficient (Wildman–Crippen LogP) is 5.91. The highest BCUT2D eigenvalue weighted by molar-refractivity contribution is 7.89. The van der Waals surface area contributed by atoms with E-state index in [-0.39, 0.29) is 17.3 Å². The number of fused-ring (bicyclic) bond motifs is 2. The summed E-state index contributed by atoms with van der Waals surface area (Å²) in [7, 11) is -0.567. The van der Waals surface area contributed by atoms with Crippen LogP contribution in [0.15, 0.2) is 95.9 Å². The maximum absolute atomic E-state index is 14.0. The van der Waals surface area contributed by atoms with E-state index in [1.54, 1.807) is 37.3 Å². The Balaban J connectivity index is 1.32. The van der Waals surface area contributed by atoms with Crippen molar-refractivity contribution in [3.63, 3.8) is 0 Å². The van der Waals surface area contributed by atoms with Gasteiger partial charge in [-0.3, -0.25) is 9.69 Å². The fourth-order valence-electron chi connectivity index (χ4n) is 5.13. The molecule has 0 radical (unpaired) electrons. The van der Waals surface area contributed by atoms with Crippen LogP contribution in [0.25, 0.3) is 10.2 Å². The number of amides is 1.